The molecule has 1 aromatic heterocycles. The highest BCUT2D eigenvalue weighted by molar-refractivity contribution is 5.88. The molecule has 0 aliphatic carbocycles. The lowest BCUT2D eigenvalue weighted by Crippen LogP contribution is -2.66. The minimum Gasteiger partial charge on any atom is -0.356 e. The standard InChI is InChI=1S/C20H35N7O/c1-6-21-19(25-13-18(28)27(15(2)3)20(4,5)14-25)22-12-17-24-23-16-10-8-7-9-11-26(16)17/h15H,6-14H2,1-5H3,(H,21,22). The van der Waals surface area contributed by atoms with Gasteiger partial charge in [-0.1, -0.05) is 6.42 Å². The van der Waals surface area contributed by atoms with Gasteiger partial charge >= 0.3 is 0 Å². The topological polar surface area (TPSA) is 78.6 Å². The number of aromatic nitrogens is 3. The van der Waals surface area contributed by atoms with Crippen LogP contribution in [0, 0.1) is 0 Å². The molecule has 0 radical (unpaired) electrons. The fourth-order valence-electron chi connectivity index (χ4n) is 4.55. The minimum atomic E-state index is -0.244. The Morgan fingerprint density at radius 1 is 1.25 bits per heavy atom. The van der Waals surface area contributed by atoms with Gasteiger partial charge in [0.05, 0.1) is 12.1 Å². The summed E-state index contributed by atoms with van der Waals surface area (Å²) in [4.78, 5) is 21.7. The van der Waals surface area contributed by atoms with Gasteiger partial charge in [-0.05, 0) is 47.5 Å². The number of guanidine groups is 1. The number of fused-ring (bicyclic) bond motifs is 1. The van der Waals surface area contributed by atoms with E-state index in [0.717, 1.165) is 43.7 Å². The maximum Gasteiger partial charge on any atom is 0.242 e. The predicted octanol–water partition coefficient (Wildman–Crippen LogP) is 1.80. The normalized spacial score (nSPS) is 20.4. The molecule has 0 saturated carbocycles. The second kappa shape index (κ2) is 8.49. The van der Waals surface area contributed by atoms with Gasteiger partial charge in [0.15, 0.2) is 11.8 Å². The summed E-state index contributed by atoms with van der Waals surface area (Å²) in [5, 5.41) is 12.1. The number of hydrogen-bond acceptors (Lipinski definition) is 4. The molecule has 156 valence electrons. The van der Waals surface area contributed by atoms with Crippen LogP contribution in [0.3, 0.4) is 0 Å². The average Bonchev–Trinajstić information content (AvgIpc) is 2.83. The lowest BCUT2D eigenvalue weighted by atomic mass is 9.96. The van der Waals surface area contributed by atoms with Crippen LogP contribution < -0.4 is 5.32 Å². The van der Waals surface area contributed by atoms with E-state index in [9.17, 15) is 4.79 Å². The van der Waals surface area contributed by atoms with Crippen LogP contribution in [0.15, 0.2) is 4.99 Å². The van der Waals surface area contributed by atoms with Gasteiger partial charge in [0.1, 0.15) is 12.4 Å². The molecule has 3 rings (SSSR count). The summed E-state index contributed by atoms with van der Waals surface area (Å²) in [6, 6.07) is 0.190. The number of amides is 1. The number of aliphatic imine (C=N–C) groups is 1. The van der Waals surface area contributed by atoms with Crippen LogP contribution >= 0.6 is 0 Å². The molecule has 2 aliphatic heterocycles. The molecule has 0 bridgehead atoms. The number of carbonyl (C=O) groups excluding carboxylic acids is 1. The maximum absolute atomic E-state index is 12.8. The van der Waals surface area contributed by atoms with Gasteiger partial charge in [0.2, 0.25) is 5.91 Å². The smallest absolute Gasteiger partial charge is 0.242 e. The number of hydrogen-bond donors (Lipinski definition) is 1. The van der Waals surface area contributed by atoms with Crippen molar-refractivity contribution in [1.82, 2.24) is 29.9 Å². The second-order valence-electron chi connectivity index (χ2n) is 8.69. The van der Waals surface area contributed by atoms with Gasteiger partial charge in [0, 0.05) is 32.1 Å². The number of rotatable bonds is 4. The molecular weight excluding hydrogens is 354 g/mol. The van der Waals surface area contributed by atoms with Gasteiger partial charge in [-0.3, -0.25) is 4.79 Å². The molecule has 1 amide bonds. The first-order chi connectivity index (χ1) is 13.3. The van der Waals surface area contributed by atoms with Crippen molar-refractivity contribution in [2.45, 2.75) is 85.0 Å². The highest BCUT2D eigenvalue weighted by Crippen LogP contribution is 2.24. The third kappa shape index (κ3) is 4.31. The molecule has 0 aromatic carbocycles. The molecule has 3 heterocycles. The first kappa shape index (κ1) is 20.6. The highest BCUT2D eigenvalue weighted by Gasteiger charge is 2.40. The van der Waals surface area contributed by atoms with Gasteiger partial charge in [-0.25, -0.2) is 4.99 Å². The van der Waals surface area contributed by atoms with Crippen molar-refractivity contribution in [3.63, 3.8) is 0 Å². The third-order valence-corrected chi connectivity index (χ3v) is 5.53. The van der Waals surface area contributed by atoms with Crippen LogP contribution in [-0.4, -0.2) is 67.6 Å². The first-order valence-corrected chi connectivity index (χ1v) is 10.6. The molecule has 1 N–H and O–H groups in total. The SMILES string of the molecule is CCNC(=NCc1nnc2n1CCCCC2)N1CC(=O)N(C(C)C)C(C)(C)C1. The minimum absolute atomic E-state index is 0.146. The summed E-state index contributed by atoms with van der Waals surface area (Å²) >= 11 is 0. The van der Waals surface area contributed by atoms with Crippen molar-refractivity contribution in [2.75, 3.05) is 19.6 Å². The Labute approximate surface area is 168 Å². The monoisotopic (exact) mass is 389 g/mol. The number of nitrogens with zero attached hydrogens (tertiary/aromatic N) is 6. The van der Waals surface area contributed by atoms with Crippen molar-refractivity contribution >= 4 is 11.9 Å². The Bertz CT molecular complexity index is 722. The fraction of sp³-hybridized carbons (Fsp3) is 0.800. The Morgan fingerprint density at radius 2 is 2.04 bits per heavy atom. The van der Waals surface area contributed by atoms with E-state index in [2.05, 4.69) is 59.6 Å². The third-order valence-electron chi connectivity index (χ3n) is 5.53. The molecule has 8 heteroatoms. The summed E-state index contributed by atoms with van der Waals surface area (Å²) in [7, 11) is 0. The van der Waals surface area contributed by atoms with Gasteiger partial charge in [-0.2, -0.15) is 0 Å². The van der Waals surface area contributed by atoms with Crippen LogP contribution in [0.5, 0.6) is 0 Å². The lowest BCUT2D eigenvalue weighted by Gasteiger charge is -2.49. The summed E-state index contributed by atoms with van der Waals surface area (Å²) in [5.41, 5.74) is -0.244. The van der Waals surface area contributed by atoms with Crippen LogP contribution in [0.1, 0.15) is 65.5 Å². The summed E-state index contributed by atoms with van der Waals surface area (Å²) in [6.45, 7) is 13.8. The van der Waals surface area contributed by atoms with E-state index in [1.165, 1.54) is 19.3 Å². The summed E-state index contributed by atoms with van der Waals surface area (Å²) in [5.74, 6) is 2.92. The van der Waals surface area contributed by atoms with Crippen molar-refractivity contribution in [3.8, 4) is 0 Å². The molecule has 1 saturated heterocycles. The second-order valence-corrected chi connectivity index (χ2v) is 8.69. The molecule has 8 nitrogen and oxygen atoms in total. The molecule has 2 aliphatic rings. The Balaban J connectivity index is 1.78. The molecular formula is C20H35N7O. The van der Waals surface area contributed by atoms with E-state index in [1.807, 2.05) is 4.90 Å². The molecule has 0 spiro atoms. The molecule has 1 fully saturated rings. The Hall–Kier alpha value is -2.12. The Morgan fingerprint density at radius 3 is 2.71 bits per heavy atom. The van der Waals surface area contributed by atoms with Crippen LogP contribution in [0.2, 0.25) is 0 Å². The average molecular weight is 390 g/mol. The molecule has 28 heavy (non-hydrogen) atoms. The summed E-state index contributed by atoms with van der Waals surface area (Å²) < 4.78 is 2.23. The maximum atomic E-state index is 12.8. The van der Waals surface area contributed by atoms with Crippen molar-refractivity contribution in [3.05, 3.63) is 11.6 Å². The van der Waals surface area contributed by atoms with Gasteiger partial charge in [-0.15, -0.1) is 10.2 Å². The zero-order chi connectivity index (χ0) is 20.3. The van der Waals surface area contributed by atoms with E-state index < -0.39 is 0 Å². The van der Waals surface area contributed by atoms with Crippen LogP contribution in [0.25, 0.3) is 0 Å². The Kier molecular flexibility index (Phi) is 6.25. The number of nitrogens with one attached hydrogen (secondary N) is 1. The van der Waals surface area contributed by atoms with Crippen LogP contribution in [0.4, 0.5) is 0 Å². The summed E-state index contributed by atoms with van der Waals surface area (Å²) in [6.07, 6.45) is 4.59. The van der Waals surface area contributed by atoms with Gasteiger partial charge < -0.3 is 19.7 Å². The zero-order valence-corrected chi connectivity index (χ0v) is 18.0. The zero-order valence-electron chi connectivity index (χ0n) is 18.0. The molecule has 1 aromatic rings. The quantitative estimate of drug-likeness (QED) is 0.628. The number of piperazine rings is 1. The van der Waals surface area contributed by atoms with Crippen molar-refractivity contribution in [1.29, 1.82) is 0 Å². The van der Waals surface area contributed by atoms with E-state index >= 15 is 0 Å². The fourth-order valence-corrected chi connectivity index (χ4v) is 4.55. The van der Waals surface area contributed by atoms with E-state index in [1.54, 1.807) is 0 Å². The number of aryl methyl sites for hydroxylation is 1. The van der Waals surface area contributed by atoms with Crippen LogP contribution in [-0.2, 0) is 24.3 Å². The van der Waals surface area contributed by atoms with E-state index in [0.29, 0.717) is 13.1 Å². The largest absolute Gasteiger partial charge is 0.356 e. The van der Waals surface area contributed by atoms with E-state index in [4.69, 9.17) is 4.99 Å². The highest BCUT2D eigenvalue weighted by atomic mass is 16.2. The molecule has 0 atom stereocenters. The molecule has 0 unspecified atom stereocenters. The predicted molar refractivity (Wildman–Crippen MR) is 110 cm³/mol. The first-order valence-electron chi connectivity index (χ1n) is 10.6. The number of carbonyl (C=O) groups is 1. The van der Waals surface area contributed by atoms with Crippen molar-refractivity contribution in [2.24, 2.45) is 4.99 Å². The van der Waals surface area contributed by atoms with Gasteiger partial charge in [0.25, 0.3) is 0 Å². The lowest BCUT2D eigenvalue weighted by molar-refractivity contribution is -0.145. The van der Waals surface area contributed by atoms with Crippen molar-refractivity contribution < 1.29 is 4.79 Å². The van der Waals surface area contributed by atoms with E-state index in [-0.39, 0.29) is 17.5 Å².